The first-order valence-corrected chi connectivity index (χ1v) is 29.2. The highest BCUT2D eigenvalue weighted by Crippen LogP contribution is 2.20. The molecule has 1 aliphatic heterocycles. The first-order chi connectivity index (χ1) is 44.9. The predicted octanol–water partition coefficient (Wildman–Crippen LogP) is 11.4. The summed E-state index contributed by atoms with van der Waals surface area (Å²) in [5, 5.41) is 32.1. The number of phenols is 1. The lowest BCUT2D eigenvalue weighted by atomic mass is 10.2. The molecule has 4 aromatic heterocycles. The fourth-order valence-electron chi connectivity index (χ4n) is 7.76. The molecule has 5 heterocycles. The summed E-state index contributed by atoms with van der Waals surface area (Å²) in [7, 11) is 0. The highest BCUT2D eigenvalue weighted by Gasteiger charge is 2.03. The molecule has 12 aromatic rings. The smallest absolute Gasteiger partial charge is 0.343 e. The third-order valence-electron chi connectivity index (χ3n) is 12.3. The summed E-state index contributed by atoms with van der Waals surface area (Å²) in [6, 6.07) is 68.9. The normalized spacial score (nSPS) is 10.5. The predicted molar refractivity (Wildman–Crippen MR) is 346 cm³/mol. The van der Waals surface area contributed by atoms with Crippen LogP contribution in [0.5, 0.6) is 28.7 Å². The average molecular weight is 1260 g/mol. The van der Waals surface area contributed by atoms with E-state index in [1.54, 1.807) is 69.9 Å². The maximum atomic E-state index is 9.05. The Bertz CT molecular complexity index is 3700. The summed E-state index contributed by atoms with van der Waals surface area (Å²) >= 11 is 6.35. The van der Waals surface area contributed by atoms with Gasteiger partial charge in [0.25, 0.3) is 18.7 Å². The summed E-state index contributed by atoms with van der Waals surface area (Å²) < 4.78 is 33.7. The summed E-state index contributed by atoms with van der Waals surface area (Å²) in [4.78, 5) is 18.9. The number of hydrogen-bond acceptors (Lipinski definition) is 20. The Morgan fingerprint density at radius 2 is 0.813 bits per heavy atom. The van der Waals surface area contributed by atoms with E-state index in [1.807, 2.05) is 156 Å². The van der Waals surface area contributed by atoms with Gasteiger partial charge in [-0.3, -0.25) is 0 Å². The Morgan fingerprint density at radius 3 is 1.14 bits per heavy atom. The van der Waals surface area contributed by atoms with E-state index < -0.39 is 0 Å². The van der Waals surface area contributed by atoms with Crippen molar-refractivity contribution in [2.24, 2.45) is 16.0 Å². The number of aromatic nitrogens is 12. The van der Waals surface area contributed by atoms with E-state index in [2.05, 4.69) is 114 Å². The van der Waals surface area contributed by atoms with Crippen molar-refractivity contribution in [1.29, 1.82) is 0 Å². The van der Waals surface area contributed by atoms with Gasteiger partial charge in [-0.25, -0.2) is 29.0 Å². The number of nitrogens with two attached hydrogens (primary N) is 1. The van der Waals surface area contributed by atoms with Crippen molar-refractivity contribution in [3.63, 3.8) is 0 Å². The molecule has 0 saturated carbocycles. The van der Waals surface area contributed by atoms with Crippen molar-refractivity contribution in [3.05, 3.63) is 307 Å². The van der Waals surface area contributed by atoms with Crippen molar-refractivity contribution < 1.29 is 32.8 Å². The SMILES string of the molecule is ClCc1ccc(OCc2ccccc2)cc1.NOOSOc1ccc(Cn2cncn2)cc1.Oc1ccc(Cn2cncn2)cc1.[C+]1=NC=NN1.c1ccc(COc2ccc(Cn3cncn3)cc2)cc1.c1ccc(COc2ccc(Cn3cnnc3)cc2)cc1. The number of benzene rings is 8. The van der Waals surface area contributed by atoms with E-state index in [0.29, 0.717) is 56.9 Å². The summed E-state index contributed by atoms with van der Waals surface area (Å²) in [5.74, 6) is 8.73. The van der Waals surface area contributed by atoms with Gasteiger partial charge in [-0.15, -0.1) is 36.5 Å². The molecule has 1 aliphatic rings. The summed E-state index contributed by atoms with van der Waals surface area (Å²) in [5.41, 5.74) is 11.5. The number of aromatic hydroxyl groups is 1. The molecule has 0 bridgehead atoms. The highest BCUT2D eigenvalue weighted by atomic mass is 35.5. The Labute approximate surface area is 535 Å². The van der Waals surface area contributed by atoms with Gasteiger partial charge in [0.15, 0.2) is 0 Å². The van der Waals surface area contributed by atoms with Gasteiger partial charge in [-0.05, 0) is 110 Å². The molecule has 0 radical (unpaired) electrons. The highest BCUT2D eigenvalue weighted by molar-refractivity contribution is 7.90. The zero-order chi connectivity index (χ0) is 63.0. The molecule has 25 heteroatoms. The molecule has 8 aromatic carbocycles. The number of halogens is 1. The van der Waals surface area contributed by atoms with E-state index in [1.165, 1.54) is 53.1 Å². The minimum absolute atomic E-state index is 0.280. The summed E-state index contributed by atoms with van der Waals surface area (Å²) in [6.07, 6.45) is 16.7. The van der Waals surface area contributed by atoms with E-state index in [-0.39, 0.29) is 5.75 Å². The molecular formula is C66H64ClN16O7S+. The minimum Gasteiger partial charge on any atom is -0.508 e. The Kier molecular flexibility index (Phi) is 28.2. The van der Waals surface area contributed by atoms with Crippen LogP contribution < -0.4 is 29.7 Å². The molecule has 0 atom stereocenters. The molecule has 0 fully saturated rings. The van der Waals surface area contributed by atoms with Gasteiger partial charge in [-0.1, -0.05) is 152 Å². The van der Waals surface area contributed by atoms with E-state index in [4.69, 9.17) is 35.1 Å². The van der Waals surface area contributed by atoms with Crippen LogP contribution in [0.25, 0.3) is 0 Å². The monoisotopic (exact) mass is 1260 g/mol. The lowest BCUT2D eigenvalue weighted by molar-refractivity contribution is -0.199. The van der Waals surface area contributed by atoms with Crippen molar-refractivity contribution in [3.8, 4) is 28.7 Å². The van der Waals surface area contributed by atoms with Crippen LogP contribution in [0.1, 0.15) is 44.5 Å². The van der Waals surface area contributed by atoms with Crippen LogP contribution in [-0.4, -0.2) is 76.8 Å². The Hall–Kier alpha value is -11.1. The molecule has 0 amide bonds. The molecule has 23 nitrogen and oxygen atoms in total. The van der Waals surface area contributed by atoms with Gasteiger partial charge in [-0.2, -0.15) is 21.2 Å². The number of alkyl halides is 1. The molecular weight excluding hydrogens is 1200 g/mol. The molecule has 462 valence electrons. The number of nitrogens with one attached hydrogen (secondary N) is 1. The Morgan fingerprint density at radius 1 is 0.440 bits per heavy atom. The third-order valence-corrected chi connectivity index (χ3v) is 13.0. The van der Waals surface area contributed by atoms with Gasteiger partial charge in [0.05, 0.1) is 19.6 Å². The standard InChI is InChI=1S/2C16H15N3O.C14H13ClO.C9H10N4O3S.C9H9N3O.C2H2N3/c1-2-4-15(5-3-1)11-20-16-8-6-14(7-9-16)10-19-12-17-18-13-19;1-2-4-15(5-3-1)11-20-16-8-6-14(7-9-16)10-19-13-17-12-18-19;15-10-12-6-8-14(9-7-12)16-11-13-4-2-1-3-5-13;10-15-16-17-14-9-3-1-8(2-4-9)5-13-7-11-6-12-13;13-9-3-1-8(2-4-9)5-12-7-10-6-11-12;1-3-2-5-4-1/h2*1-9,12-13H,10-11H2;1-9H,10-11H2;1-4,6-7H,5,10H2;1-4,6-7,13H,5H2;1H,(H,3,4,5)/q;;;;;+1. The van der Waals surface area contributed by atoms with Crippen molar-refractivity contribution in [1.82, 2.24) is 64.5 Å². The summed E-state index contributed by atoms with van der Waals surface area (Å²) in [6.45, 7) is 4.61. The molecule has 0 unspecified atom stereocenters. The van der Waals surface area contributed by atoms with Crippen LogP contribution in [0.3, 0.4) is 0 Å². The minimum atomic E-state index is 0.280. The largest absolute Gasteiger partial charge is 0.508 e. The van der Waals surface area contributed by atoms with Gasteiger partial charge in [0.2, 0.25) is 0 Å². The lowest BCUT2D eigenvalue weighted by Gasteiger charge is -2.07. The van der Waals surface area contributed by atoms with Crippen molar-refractivity contribution in [2.45, 2.75) is 51.9 Å². The molecule has 4 N–H and O–H groups in total. The second-order valence-corrected chi connectivity index (χ2v) is 19.7. The van der Waals surface area contributed by atoms with Crippen LogP contribution in [-0.2, 0) is 61.2 Å². The van der Waals surface area contributed by atoms with Crippen LogP contribution in [0.15, 0.2) is 273 Å². The number of phenolic OH excluding ortho intramolecular Hbond substituents is 1. The first kappa shape index (κ1) is 65.9. The second-order valence-electron chi connectivity index (χ2n) is 19.0. The zero-order valence-electron chi connectivity index (χ0n) is 49.1. The molecule has 13 rings (SSSR count). The van der Waals surface area contributed by atoms with Crippen LogP contribution in [0, 0.1) is 0 Å². The quantitative estimate of drug-likeness (QED) is 0.0142. The molecule has 91 heavy (non-hydrogen) atoms. The van der Waals surface area contributed by atoms with E-state index in [9.17, 15) is 0 Å². The zero-order valence-corrected chi connectivity index (χ0v) is 50.7. The van der Waals surface area contributed by atoms with Gasteiger partial charge >= 0.3 is 6.34 Å². The number of nitrogens with zero attached hydrogens (tertiary/aromatic N) is 14. The molecule has 0 aliphatic carbocycles. The number of hydrazone groups is 1. The first-order valence-electron chi connectivity index (χ1n) is 28.0. The lowest BCUT2D eigenvalue weighted by Crippen LogP contribution is -2.00. The topological polar surface area (TPSA) is 261 Å². The number of hydrogen-bond donors (Lipinski definition) is 3. The average Bonchev–Trinajstić information content (AvgIpc) is 4.63. The van der Waals surface area contributed by atoms with E-state index in [0.717, 1.165) is 47.0 Å². The van der Waals surface area contributed by atoms with E-state index >= 15 is 0 Å². The van der Waals surface area contributed by atoms with Gasteiger partial charge in [0, 0.05) is 17.4 Å². The van der Waals surface area contributed by atoms with Crippen LogP contribution in [0.2, 0.25) is 0 Å². The maximum Gasteiger partial charge on any atom is 0.343 e. The number of aliphatic imine (C=N–C) groups is 1. The Balaban J connectivity index is 0.000000145. The van der Waals surface area contributed by atoms with Crippen LogP contribution in [0.4, 0.5) is 0 Å². The number of ether oxygens (including phenoxy) is 3. The third kappa shape index (κ3) is 26.0. The fraction of sp³-hybridized carbons (Fsp3) is 0.121. The second kappa shape index (κ2) is 38.9. The maximum absolute atomic E-state index is 9.05. The molecule has 0 spiro atoms. The van der Waals surface area contributed by atoms with Crippen molar-refractivity contribution >= 4 is 36.6 Å². The van der Waals surface area contributed by atoms with Crippen molar-refractivity contribution in [2.75, 3.05) is 0 Å². The van der Waals surface area contributed by atoms with Gasteiger partial charge < -0.3 is 28.1 Å². The molecule has 0 saturated heterocycles. The van der Waals surface area contributed by atoms with Crippen LogP contribution >= 0.6 is 23.9 Å². The fourth-order valence-corrected chi connectivity index (χ4v) is 8.19. The number of rotatable bonds is 22. The van der Waals surface area contributed by atoms with Gasteiger partial charge in [0.1, 0.15) is 99.2 Å².